The standard InChI is InChI=1S/C27H35N7O4S/c1-14-11-29-22-21(28)23(39-25(22)30-14)24(35)31-16-7-8-17-15(10-16)6-9-20(32-17)34-12-18(19(13-34)37-5)33-26(36)38-27(2,3)4/h6,9,11,16,18-19H,7-8,10,12-13,28H2,1-5H3,(H,31,35)(H,33,36)/t16-,18?,19?/m0/s1. The molecule has 0 bridgehead atoms. The second-order valence-electron chi connectivity index (χ2n) is 11.1. The van der Waals surface area contributed by atoms with E-state index in [0.29, 0.717) is 40.4 Å². The monoisotopic (exact) mass is 553 g/mol. The number of rotatable bonds is 5. The first-order chi connectivity index (χ1) is 18.5. The highest BCUT2D eigenvalue weighted by atomic mass is 32.1. The van der Waals surface area contributed by atoms with E-state index in [1.54, 1.807) is 13.3 Å². The molecule has 0 radical (unpaired) electrons. The summed E-state index contributed by atoms with van der Waals surface area (Å²) in [6.45, 7) is 8.56. The van der Waals surface area contributed by atoms with Crippen molar-refractivity contribution in [2.45, 2.75) is 70.7 Å². The highest BCUT2D eigenvalue weighted by molar-refractivity contribution is 7.21. The van der Waals surface area contributed by atoms with E-state index in [0.717, 1.165) is 35.6 Å². The van der Waals surface area contributed by atoms with Crippen molar-refractivity contribution in [3.8, 4) is 0 Å². The smallest absolute Gasteiger partial charge is 0.408 e. The van der Waals surface area contributed by atoms with E-state index in [2.05, 4.69) is 31.6 Å². The minimum Gasteiger partial charge on any atom is -0.444 e. The lowest BCUT2D eigenvalue weighted by atomic mass is 9.91. The van der Waals surface area contributed by atoms with Crippen LogP contribution in [0.3, 0.4) is 0 Å². The van der Waals surface area contributed by atoms with Gasteiger partial charge in [0.2, 0.25) is 0 Å². The predicted octanol–water partition coefficient (Wildman–Crippen LogP) is 2.99. The molecule has 0 spiro atoms. The Bertz CT molecular complexity index is 1400. The molecule has 1 aliphatic carbocycles. The number of aromatic nitrogens is 3. The Morgan fingerprint density at radius 1 is 1.18 bits per heavy atom. The van der Waals surface area contributed by atoms with Crippen molar-refractivity contribution in [3.05, 3.63) is 40.2 Å². The topological polar surface area (TPSA) is 145 Å². The van der Waals surface area contributed by atoms with E-state index >= 15 is 0 Å². The van der Waals surface area contributed by atoms with Crippen molar-refractivity contribution in [3.63, 3.8) is 0 Å². The van der Waals surface area contributed by atoms with Crippen LogP contribution in [0.2, 0.25) is 0 Å². The maximum atomic E-state index is 13.1. The quantitative estimate of drug-likeness (QED) is 0.434. The van der Waals surface area contributed by atoms with Crippen molar-refractivity contribution in [1.29, 1.82) is 0 Å². The molecule has 11 nitrogen and oxygen atoms in total. The van der Waals surface area contributed by atoms with E-state index in [9.17, 15) is 9.59 Å². The summed E-state index contributed by atoms with van der Waals surface area (Å²) >= 11 is 1.27. The first-order valence-electron chi connectivity index (χ1n) is 13.1. The highest BCUT2D eigenvalue weighted by Gasteiger charge is 2.36. The zero-order valence-electron chi connectivity index (χ0n) is 22.9. The van der Waals surface area contributed by atoms with Gasteiger partial charge in [0.1, 0.15) is 26.6 Å². The lowest BCUT2D eigenvalue weighted by Gasteiger charge is -2.26. The third-order valence-corrected chi connectivity index (χ3v) is 8.03. The number of anilines is 2. The van der Waals surface area contributed by atoms with Gasteiger partial charge in [-0.2, -0.15) is 0 Å². The van der Waals surface area contributed by atoms with Gasteiger partial charge in [0.25, 0.3) is 5.91 Å². The first kappa shape index (κ1) is 27.1. The molecular weight excluding hydrogens is 518 g/mol. The van der Waals surface area contributed by atoms with Crippen molar-refractivity contribution in [2.75, 3.05) is 30.8 Å². The molecular formula is C27H35N7O4S. The average Bonchev–Trinajstić information content (AvgIpc) is 3.42. The summed E-state index contributed by atoms with van der Waals surface area (Å²) in [5.74, 6) is 0.652. The number of thiophene rings is 1. The minimum absolute atomic E-state index is 0.0167. The van der Waals surface area contributed by atoms with Crippen LogP contribution in [0.25, 0.3) is 10.3 Å². The molecule has 208 valence electrons. The zero-order valence-corrected chi connectivity index (χ0v) is 23.7. The fraction of sp³-hybridized carbons (Fsp3) is 0.519. The van der Waals surface area contributed by atoms with Gasteiger partial charge in [0.15, 0.2) is 0 Å². The Morgan fingerprint density at radius 2 is 1.97 bits per heavy atom. The molecule has 2 unspecified atom stereocenters. The number of nitrogen functional groups attached to an aromatic ring is 1. The molecule has 0 saturated carbocycles. The van der Waals surface area contributed by atoms with Crippen LogP contribution in [0.15, 0.2) is 18.3 Å². The van der Waals surface area contributed by atoms with Gasteiger partial charge >= 0.3 is 6.09 Å². The van der Waals surface area contributed by atoms with Crippen LogP contribution < -0.4 is 21.3 Å². The molecule has 39 heavy (non-hydrogen) atoms. The zero-order chi connectivity index (χ0) is 27.9. The Morgan fingerprint density at radius 3 is 2.72 bits per heavy atom. The number of hydrogen-bond donors (Lipinski definition) is 3. The first-order valence-corrected chi connectivity index (χ1v) is 13.9. The molecule has 3 atom stereocenters. The Hall–Kier alpha value is -3.51. The number of nitrogens with two attached hydrogens (primary N) is 1. The molecule has 4 N–H and O–H groups in total. The number of fused-ring (bicyclic) bond motifs is 2. The fourth-order valence-corrected chi connectivity index (χ4v) is 6.09. The molecule has 0 aromatic carbocycles. The lowest BCUT2D eigenvalue weighted by molar-refractivity contribution is 0.0417. The number of nitrogens with zero attached hydrogens (tertiary/aromatic N) is 4. The lowest BCUT2D eigenvalue weighted by Crippen LogP contribution is -2.45. The number of aryl methyl sites for hydroxylation is 2. The third-order valence-electron chi connectivity index (χ3n) is 6.95. The normalized spacial score (nSPS) is 21.1. The molecule has 3 aromatic heterocycles. The van der Waals surface area contributed by atoms with Crippen molar-refractivity contribution in [2.24, 2.45) is 0 Å². The Labute approximate surface area is 231 Å². The number of hydrogen-bond acceptors (Lipinski definition) is 10. The highest BCUT2D eigenvalue weighted by Crippen LogP contribution is 2.32. The molecule has 1 saturated heterocycles. The fourth-order valence-electron chi connectivity index (χ4n) is 5.09. The number of ether oxygens (including phenoxy) is 2. The van der Waals surface area contributed by atoms with Crippen LogP contribution in [-0.2, 0) is 22.3 Å². The average molecular weight is 554 g/mol. The Balaban J connectivity index is 1.22. The van der Waals surface area contributed by atoms with Crippen molar-refractivity contribution >= 4 is 45.2 Å². The van der Waals surface area contributed by atoms with Crippen LogP contribution in [0.4, 0.5) is 16.3 Å². The van der Waals surface area contributed by atoms with Crippen LogP contribution in [0.1, 0.15) is 53.8 Å². The molecule has 1 aliphatic heterocycles. The van der Waals surface area contributed by atoms with Gasteiger partial charge in [-0.3, -0.25) is 4.79 Å². The third kappa shape index (κ3) is 5.91. The van der Waals surface area contributed by atoms with E-state index in [-0.39, 0.29) is 24.1 Å². The minimum atomic E-state index is -0.569. The largest absolute Gasteiger partial charge is 0.444 e. The molecule has 3 aromatic rings. The van der Waals surface area contributed by atoms with Crippen LogP contribution in [-0.4, -0.2) is 70.9 Å². The van der Waals surface area contributed by atoms with Crippen LogP contribution in [0.5, 0.6) is 0 Å². The van der Waals surface area contributed by atoms with Gasteiger partial charge in [0, 0.05) is 38.1 Å². The molecule has 2 amide bonds. The number of carbonyl (C=O) groups is 2. The molecule has 2 aliphatic rings. The summed E-state index contributed by atoms with van der Waals surface area (Å²) in [5.41, 5.74) is 9.53. The Kier molecular flexibility index (Phi) is 7.34. The summed E-state index contributed by atoms with van der Waals surface area (Å²) in [6.07, 6.45) is 3.24. The van der Waals surface area contributed by atoms with E-state index in [4.69, 9.17) is 20.2 Å². The van der Waals surface area contributed by atoms with Gasteiger partial charge in [-0.15, -0.1) is 11.3 Å². The van der Waals surface area contributed by atoms with E-state index in [1.165, 1.54) is 11.3 Å². The number of methoxy groups -OCH3 is 1. The van der Waals surface area contributed by atoms with E-state index < -0.39 is 11.7 Å². The number of amides is 2. The van der Waals surface area contributed by atoms with E-state index in [1.807, 2.05) is 33.8 Å². The van der Waals surface area contributed by atoms with Gasteiger partial charge in [-0.25, -0.2) is 19.7 Å². The maximum absolute atomic E-state index is 13.1. The number of alkyl carbamates (subject to hydrolysis) is 1. The second kappa shape index (κ2) is 10.6. The van der Waals surface area contributed by atoms with Crippen LogP contribution in [0, 0.1) is 6.92 Å². The van der Waals surface area contributed by atoms with Gasteiger partial charge < -0.3 is 30.7 Å². The second-order valence-corrected chi connectivity index (χ2v) is 12.1. The molecule has 1 fully saturated rings. The van der Waals surface area contributed by atoms with Crippen LogP contribution >= 0.6 is 11.3 Å². The molecule has 4 heterocycles. The SMILES string of the molecule is COC1CN(c2ccc3c(n2)CC[C@H](NC(=O)c2sc4nc(C)cnc4c2N)C3)CC1NC(=O)OC(C)(C)C. The number of pyridine rings is 1. The summed E-state index contributed by atoms with van der Waals surface area (Å²) in [4.78, 5) is 42.4. The maximum Gasteiger partial charge on any atom is 0.408 e. The number of nitrogens with one attached hydrogen (secondary N) is 2. The predicted molar refractivity (Wildman–Crippen MR) is 150 cm³/mol. The summed E-state index contributed by atoms with van der Waals surface area (Å²) in [5, 5.41) is 6.08. The summed E-state index contributed by atoms with van der Waals surface area (Å²) in [6, 6.07) is 3.85. The number of carbonyl (C=O) groups excluding carboxylic acids is 2. The van der Waals surface area contributed by atoms with Gasteiger partial charge in [0.05, 0.1) is 23.5 Å². The summed E-state index contributed by atoms with van der Waals surface area (Å²) in [7, 11) is 1.65. The van der Waals surface area contributed by atoms with Gasteiger partial charge in [-0.1, -0.05) is 6.07 Å². The van der Waals surface area contributed by atoms with Gasteiger partial charge in [-0.05, 0) is 58.6 Å². The van der Waals surface area contributed by atoms with Crippen molar-refractivity contribution in [1.82, 2.24) is 25.6 Å². The summed E-state index contributed by atoms with van der Waals surface area (Å²) < 4.78 is 11.1. The van der Waals surface area contributed by atoms with Crippen molar-refractivity contribution < 1.29 is 19.1 Å². The molecule has 5 rings (SSSR count). The molecule has 12 heteroatoms.